The number of nitrogens with one attached hydrogen (secondary N) is 1. The molecule has 0 bridgehead atoms. The molecule has 1 heterocycles. The normalized spacial score (nSPS) is 15.8. The zero-order chi connectivity index (χ0) is 19.9. The Balaban J connectivity index is 1.46. The fourth-order valence-electron chi connectivity index (χ4n) is 3.64. The molecule has 0 spiro atoms. The van der Waals surface area contributed by atoms with E-state index in [0.717, 1.165) is 25.7 Å². The number of likely N-dealkylation sites (tertiary alicyclic amines) is 1. The molecule has 0 radical (unpaired) electrons. The minimum atomic E-state index is -0.526. The van der Waals surface area contributed by atoms with Crippen molar-refractivity contribution in [3.8, 4) is 0 Å². The number of nitrogens with zero attached hydrogens (tertiary/aromatic N) is 1. The SMILES string of the molecule is NC(=O)c1cccc(NC(=O)N2CCC(C(O)CCc3ccccc3)CC2)c1. The number of hydrogen-bond acceptors (Lipinski definition) is 3. The molecule has 1 unspecified atom stereocenters. The molecule has 6 heteroatoms. The molecule has 2 aromatic carbocycles. The first kappa shape index (κ1) is 19.9. The molecule has 2 aromatic rings. The van der Waals surface area contributed by atoms with Crippen molar-refractivity contribution < 1.29 is 14.7 Å². The summed E-state index contributed by atoms with van der Waals surface area (Å²) in [6.07, 6.45) is 2.81. The fourth-order valence-corrected chi connectivity index (χ4v) is 3.64. The minimum absolute atomic E-state index is 0.196. The number of hydrogen-bond donors (Lipinski definition) is 3. The van der Waals surface area contributed by atoms with Crippen molar-refractivity contribution in [3.05, 3.63) is 65.7 Å². The van der Waals surface area contributed by atoms with Crippen LogP contribution in [0.5, 0.6) is 0 Å². The second-order valence-corrected chi connectivity index (χ2v) is 7.29. The van der Waals surface area contributed by atoms with E-state index in [1.165, 1.54) is 5.56 Å². The molecule has 28 heavy (non-hydrogen) atoms. The zero-order valence-electron chi connectivity index (χ0n) is 15.9. The van der Waals surface area contributed by atoms with Crippen LogP contribution in [0.25, 0.3) is 0 Å². The van der Waals surface area contributed by atoms with Crippen LogP contribution in [0.3, 0.4) is 0 Å². The number of nitrogens with two attached hydrogens (primary N) is 1. The molecule has 6 nitrogen and oxygen atoms in total. The predicted molar refractivity (Wildman–Crippen MR) is 109 cm³/mol. The Morgan fingerprint density at radius 1 is 1.11 bits per heavy atom. The number of urea groups is 1. The summed E-state index contributed by atoms with van der Waals surface area (Å²) in [6, 6.07) is 16.6. The van der Waals surface area contributed by atoms with E-state index in [0.29, 0.717) is 24.3 Å². The average Bonchev–Trinajstić information content (AvgIpc) is 2.73. The van der Waals surface area contributed by atoms with Crippen LogP contribution in [0.4, 0.5) is 10.5 Å². The number of carbonyl (C=O) groups excluding carboxylic acids is 2. The van der Waals surface area contributed by atoms with Gasteiger partial charge in [0.05, 0.1) is 6.10 Å². The lowest BCUT2D eigenvalue weighted by Gasteiger charge is -2.34. The average molecular weight is 381 g/mol. The third-order valence-corrected chi connectivity index (χ3v) is 5.34. The van der Waals surface area contributed by atoms with E-state index in [4.69, 9.17) is 5.73 Å². The third-order valence-electron chi connectivity index (χ3n) is 5.34. The van der Waals surface area contributed by atoms with Gasteiger partial charge in [-0.15, -0.1) is 0 Å². The fraction of sp³-hybridized carbons (Fsp3) is 0.364. The number of aryl methyl sites for hydroxylation is 1. The zero-order valence-corrected chi connectivity index (χ0v) is 15.9. The van der Waals surface area contributed by atoms with Gasteiger partial charge in [-0.3, -0.25) is 4.79 Å². The van der Waals surface area contributed by atoms with E-state index in [1.54, 1.807) is 29.2 Å². The number of rotatable bonds is 6. The van der Waals surface area contributed by atoms with Crippen LogP contribution in [0.1, 0.15) is 35.2 Å². The molecule has 4 N–H and O–H groups in total. The Hall–Kier alpha value is -2.86. The van der Waals surface area contributed by atoms with Crippen LogP contribution in [0.2, 0.25) is 0 Å². The van der Waals surface area contributed by atoms with E-state index in [9.17, 15) is 14.7 Å². The maximum Gasteiger partial charge on any atom is 0.321 e. The van der Waals surface area contributed by atoms with Gasteiger partial charge in [0.1, 0.15) is 0 Å². The van der Waals surface area contributed by atoms with Crippen molar-refractivity contribution in [1.82, 2.24) is 4.90 Å². The third kappa shape index (κ3) is 5.33. The quantitative estimate of drug-likeness (QED) is 0.718. The predicted octanol–water partition coefficient (Wildman–Crippen LogP) is 3.02. The first-order chi connectivity index (χ1) is 13.5. The lowest BCUT2D eigenvalue weighted by atomic mass is 9.88. The number of aliphatic hydroxyl groups excluding tert-OH is 1. The van der Waals surface area contributed by atoms with Crippen molar-refractivity contribution in [2.24, 2.45) is 11.7 Å². The van der Waals surface area contributed by atoms with Crippen LogP contribution in [0.15, 0.2) is 54.6 Å². The second-order valence-electron chi connectivity index (χ2n) is 7.29. The van der Waals surface area contributed by atoms with Crippen molar-refractivity contribution in [1.29, 1.82) is 0 Å². The van der Waals surface area contributed by atoms with E-state index >= 15 is 0 Å². The topological polar surface area (TPSA) is 95.7 Å². The maximum atomic E-state index is 12.5. The van der Waals surface area contributed by atoms with Gasteiger partial charge in [0.15, 0.2) is 0 Å². The standard InChI is InChI=1S/C22H27N3O3/c23-21(27)18-7-4-8-19(15-18)24-22(28)25-13-11-17(12-14-25)20(26)10-9-16-5-2-1-3-6-16/h1-8,15,17,20,26H,9-14H2,(H2,23,27)(H,24,28). The first-order valence-electron chi connectivity index (χ1n) is 9.70. The van der Waals surface area contributed by atoms with Crippen molar-refractivity contribution in [2.75, 3.05) is 18.4 Å². The number of primary amides is 1. The summed E-state index contributed by atoms with van der Waals surface area (Å²) < 4.78 is 0. The van der Waals surface area contributed by atoms with Crippen LogP contribution in [0, 0.1) is 5.92 Å². The Bertz CT molecular complexity index is 802. The van der Waals surface area contributed by atoms with Gasteiger partial charge in [-0.1, -0.05) is 36.4 Å². The summed E-state index contributed by atoms with van der Waals surface area (Å²) in [5.41, 5.74) is 7.42. The van der Waals surface area contributed by atoms with Gasteiger partial charge in [-0.05, 0) is 55.4 Å². The summed E-state index contributed by atoms with van der Waals surface area (Å²) >= 11 is 0. The molecule has 148 valence electrons. The lowest BCUT2D eigenvalue weighted by Crippen LogP contribution is -2.43. The molecular weight excluding hydrogens is 354 g/mol. The molecule has 1 atom stereocenters. The van der Waals surface area contributed by atoms with Gasteiger partial charge in [-0.25, -0.2) is 4.79 Å². The van der Waals surface area contributed by atoms with E-state index < -0.39 is 5.91 Å². The molecule has 1 saturated heterocycles. The monoisotopic (exact) mass is 381 g/mol. The van der Waals surface area contributed by atoms with Crippen LogP contribution in [-0.4, -0.2) is 41.1 Å². The van der Waals surface area contributed by atoms with E-state index in [1.807, 2.05) is 18.2 Å². The Morgan fingerprint density at radius 2 is 1.82 bits per heavy atom. The maximum absolute atomic E-state index is 12.5. The number of anilines is 1. The van der Waals surface area contributed by atoms with Gasteiger partial charge >= 0.3 is 6.03 Å². The highest BCUT2D eigenvalue weighted by atomic mass is 16.3. The Kier molecular flexibility index (Phi) is 6.66. The smallest absolute Gasteiger partial charge is 0.321 e. The molecule has 1 aliphatic heterocycles. The van der Waals surface area contributed by atoms with Gasteiger partial charge in [0.25, 0.3) is 0 Å². The number of aliphatic hydroxyl groups is 1. The van der Waals surface area contributed by atoms with Crippen molar-refractivity contribution in [3.63, 3.8) is 0 Å². The van der Waals surface area contributed by atoms with E-state index in [2.05, 4.69) is 17.4 Å². The van der Waals surface area contributed by atoms with Crippen LogP contribution in [-0.2, 0) is 6.42 Å². The molecule has 0 saturated carbocycles. The summed E-state index contributed by atoms with van der Waals surface area (Å²) in [4.78, 5) is 25.5. The Morgan fingerprint density at radius 3 is 2.50 bits per heavy atom. The molecule has 1 aliphatic rings. The van der Waals surface area contributed by atoms with Gasteiger partial charge in [0, 0.05) is 24.3 Å². The number of carbonyl (C=O) groups is 2. The van der Waals surface area contributed by atoms with Crippen molar-refractivity contribution >= 4 is 17.6 Å². The van der Waals surface area contributed by atoms with Gasteiger partial charge in [0.2, 0.25) is 5.91 Å². The highest BCUT2D eigenvalue weighted by Crippen LogP contribution is 2.24. The largest absolute Gasteiger partial charge is 0.393 e. The first-order valence-corrected chi connectivity index (χ1v) is 9.70. The van der Waals surface area contributed by atoms with Crippen molar-refractivity contribution in [2.45, 2.75) is 31.8 Å². The highest BCUT2D eigenvalue weighted by molar-refractivity contribution is 5.95. The highest BCUT2D eigenvalue weighted by Gasteiger charge is 2.27. The summed E-state index contributed by atoms with van der Waals surface area (Å²) in [7, 11) is 0. The number of piperidine rings is 1. The van der Waals surface area contributed by atoms with Crippen LogP contribution >= 0.6 is 0 Å². The van der Waals surface area contributed by atoms with Crippen LogP contribution < -0.4 is 11.1 Å². The Labute approximate surface area is 165 Å². The summed E-state index contributed by atoms with van der Waals surface area (Å²) in [5.74, 6) is -0.313. The summed E-state index contributed by atoms with van der Waals surface area (Å²) in [6.45, 7) is 1.21. The second kappa shape index (κ2) is 9.37. The molecule has 1 fully saturated rings. The summed E-state index contributed by atoms with van der Waals surface area (Å²) in [5, 5.41) is 13.3. The molecular formula is C22H27N3O3. The number of benzene rings is 2. The van der Waals surface area contributed by atoms with Gasteiger partial charge in [-0.2, -0.15) is 0 Å². The molecule has 0 aliphatic carbocycles. The lowest BCUT2D eigenvalue weighted by molar-refractivity contribution is 0.0626. The molecule has 0 aromatic heterocycles. The minimum Gasteiger partial charge on any atom is -0.393 e. The molecule has 3 rings (SSSR count). The van der Waals surface area contributed by atoms with E-state index in [-0.39, 0.29) is 18.1 Å². The molecule has 3 amide bonds. The van der Waals surface area contributed by atoms with Gasteiger partial charge < -0.3 is 21.1 Å². The number of amides is 3.